The minimum absolute atomic E-state index is 0.104. The third-order valence-corrected chi connectivity index (χ3v) is 6.61. The highest BCUT2D eigenvalue weighted by molar-refractivity contribution is 7.89. The van der Waals surface area contributed by atoms with Crippen molar-refractivity contribution in [2.75, 3.05) is 26.7 Å². The second kappa shape index (κ2) is 9.78. The van der Waals surface area contributed by atoms with E-state index in [1.807, 2.05) is 37.4 Å². The zero-order chi connectivity index (χ0) is 20.7. The molecule has 154 valence electrons. The summed E-state index contributed by atoms with van der Waals surface area (Å²) in [6, 6.07) is 17.4. The van der Waals surface area contributed by atoms with E-state index in [2.05, 4.69) is 15.4 Å². The first-order valence-corrected chi connectivity index (χ1v) is 11.0. The van der Waals surface area contributed by atoms with Gasteiger partial charge in [0.05, 0.1) is 11.4 Å². The van der Waals surface area contributed by atoms with Crippen molar-refractivity contribution in [3.63, 3.8) is 0 Å². The Morgan fingerprint density at radius 3 is 2.24 bits per heavy atom. The zero-order valence-corrected chi connectivity index (χ0v) is 17.3. The van der Waals surface area contributed by atoms with E-state index in [1.54, 1.807) is 18.2 Å². The summed E-state index contributed by atoms with van der Waals surface area (Å²) in [7, 11) is -1.78. The quantitative estimate of drug-likeness (QED) is 0.704. The molecule has 0 unspecified atom stereocenters. The van der Waals surface area contributed by atoms with Crippen LogP contribution in [0.2, 0.25) is 0 Å². The standard InChI is InChI=1S/C21H26N4O3S/c1-24-14-12-19(13-15-24)22-23-21(26)17-25(16-18-8-4-2-5-9-18)29(27,28)20-10-6-3-7-11-20/h2-11H,12-17H2,1H3,(H,23,26). The maximum absolute atomic E-state index is 13.1. The Balaban J connectivity index is 1.74. The molecule has 1 heterocycles. The third-order valence-electron chi connectivity index (χ3n) is 4.81. The molecule has 2 aromatic carbocycles. The van der Waals surface area contributed by atoms with Gasteiger partial charge in [-0.05, 0) is 24.7 Å². The van der Waals surface area contributed by atoms with Gasteiger partial charge < -0.3 is 4.90 Å². The lowest BCUT2D eigenvalue weighted by Gasteiger charge is -2.23. The van der Waals surface area contributed by atoms with Crippen molar-refractivity contribution in [1.29, 1.82) is 0 Å². The van der Waals surface area contributed by atoms with Crippen LogP contribution in [0.25, 0.3) is 0 Å². The van der Waals surface area contributed by atoms with Crippen molar-refractivity contribution in [3.8, 4) is 0 Å². The maximum atomic E-state index is 13.1. The summed E-state index contributed by atoms with van der Waals surface area (Å²) < 4.78 is 27.4. The highest BCUT2D eigenvalue weighted by atomic mass is 32.2. The predicted octanol–water partition coefficient (Wildman–Crippen LogP) is 2.08. The number of carbonyl (C=O) groups excluding carboxylic acids is 1. The van der Waals surface area contributed by atoms with Gasteiger partial charge in [-0.25, -0.2) is 13.8 Å². The number of carbonyl (C=O) groups is 1. The summed E-state index contributed by atoms with van der Waals surface area (Å²) in [5.74, 6) is -0.452. The molecule has 1 N–H and O–H groups in total. The maximum Gasteiger partial charge on any atom is 0.255 e. The van der Waals surface area contributed by atoms with Crippen LogP contribution in [0, 0.1) is 0 Å². The van der Waals surface area contributed by atoms with E-state index in [9.17, 15) is 13.2 Å². The Morgan fingerprint density at radius 2 is 1.62 bits per heavy atom. The van der Waals surface area contributed by atoms with E-state index in [0.29, 0.717) is 0 Å². The topological polar surface area (TPSA) is 82.1 Å². The third kappa shape index (κ3) is 5.96. The minimum Gasteiger partial charge on any atom is -0.306 e. The summed E-state index contributed by atoms with van der Waals surface area (Å²) in [5.41, 5.74) is 4.27. The first-order valence-electron chi connectivity index (χ1n) is 9.57. The molecule has 1 aliphatic rings. The fraction of sp³-hybridized carbons (Fsp3) is 0.333. The van der Waals surface area contributed by atoms with Gasteiger partial charge in [0.1, 0.15) is 0 Å². The van der Waals surface area contributed by atoms with Crippen molar-refractivity contribution in [2.24, 2.45) is 5.10 Å². The highest BCUT2D eigenvalue weighted by Gasteiger charge is 2.26. The molecule has 1 aliphatic heterocycles. The number of nitrogens with zero attached hydrogens (tertiary/aromatic N) is 3. The molecule has 1 amide bonds. The van der Waals surface area contributed by atoms with Crippen LogP contribution in [0.5, 0.6) is 0 Å². The minimum atomic E-state index is -3.83. The summed E-state index contributed by atoms with van der Waals surface area (Å²) in [5, 5.41) is 4.20. The molecule has 29 heavy (non-hydrogen) atoms. The Labute approximate surface area is 172 Å². The SMILES string of the molecule is CN1CCC(=NNC(=O)CN(Cc2ccccc2)S(=O)(=O)c2ccccc2)CC1. The Bertz CT molecular complexity index is 936. The number of likely N-dealkylation sites (tertiary alicyclic amines) is 1. The molecule has 0 radical (unpaired) electrons. The fourth-order valence-electron chi connectivity index (χ4n) is 3.08. The molecule has 0 saturated carbocycles. The number of hydrazone groups is 1. The summed E-state index contributed by atoms with van der Waals surface area (Å²) in [6.07, 6.45) is 1.60. The second-order valence-corrected chi connectivity index (χ2v) is 9.03. The highest BCUT2D eigenvalue weighted by Crippen LogP contribution is 2.18. The van der Waals surface area contributed by atoms with E-state index in [4.69, 9.17) is 0 Å². The lowest BCUT2D eigenvalue weighted by Crippen LogP contribution is -2.39. The number of sulfonamides is 1. The van der Waals surface area contributed by atoms with Gasteiger partial charge in [0.25, 0.3) is 5.91 Å². The van der Waals surface area contributed by atoms with Crippen molar-refractivity contribution in [1.82, 2.24) is 14.6 Å². The summed E-state index contributed by atoms with van der Waals surface area (Å²) in [6.45, 7) is 1.60. The van der Waals surface area contributed by atoms with E-state index < -0.39 is 15.9 Å². The monoisotopic (exact) mass is 414 g/mol. The van der Waals surface area contributed by atoms with Crippen molar-refractivity contribution >= 4 is 21.6 Å². The van der Waals surface area contributed by atoms with Gasteiger partial charge in [0.15, 0.2) is 0 Å². The van der Waals surface area contributed by atoms with E-state index in [-0.39, 0.29) is 18.0 Å². The Morgan fingerprint density at radius 1 is 1.03 bits per heavy atom. The largest absolute Gasteiger partial charge is 0.306 e. The molecular weight excluding hydrogens is 388 g/mol. The number of amides is 1. The predicted molar refractivity (Wildman–Crippen MR) is 113 cm³/mol. The first-order chi connectivity index (χ1) is 13.9. The first kappa shape index (κ1) is 21.2. The van der Waals surface area contributed by atoms with Gasteiger partial charge in [-0.2, -0.15) is 9.41 Å². The number of piperidine rings is 1. The molecule has 0 atom stereocenters. The van der Waals surface area contributed by atoms with Crippen LogP contribution in [0.15, 0.2) is 70.7 Å². The molecule has 1 saturated heterocycles. The van der Waals surface area contributed by atoms with Gasteiger partial charge in [-0.1, -0.05) is 48.5 Å². The molecule has 0 aliphatic carbocycles. The van der Waals surface area contributed by atoms with Gasteiger partial charge in [0.2, 0.25) is 10.0 Å². The van der Waals surface area contributed by atoms with Gasteiger partial charge in [-0.3, -0.25) is 4.79 Å². The molecule has 0 spiro atoms. The van der Waals surface area contributed by atoms with Crippen LogP contribution < -0.4 is 5.43 Å². The summed E-state index contributed by atoms with van der Waals surface area (Å²) >= 11 is 0. The molecule has 3 rings (SSSR count). The molecule has 0 bridgehead atoms. The van der Waals surface area contributed by atoms with E-state index in [0.717, 1.165) is 37.2 Å². The number of rotatable bonds is 7. The number of hydrogen-bond donors (Lipinski definition) is 1. The van der Waals surface area contributed by atoms with Gasteiger partial charge in [0, 0.05) is 38.2 Å². The fourth-order valence-corrected chi connectivity index (χ4v) is 4.49. The average Bonchev–Trinajstić information content (AvgIpc) is 2.74. The molecule has 2 aromatic rings. The van der Waals surface area contributed by atoms with Crippen LogP contribution in [-0.2, 0) is 21.4 Å². The van der Waals surface area contributed by atoms with Gasteiger partial charge in [-0.15, -0.1) is 0 Å². The molecular formula is C21H26N4O3S. The smallest absolute Gasteiger partial charge is 0.255 e. The molecule has 7 nitrogen and oxygen atoms in total. The zero-order valence-electron chi connectivity index (χ0n) is 16.5. The van der Waals surface area contributed by atoms with E-state index in [1.165, 1.54) is 16.4 Å². The average molecular weight is 415 g/mol. The molecule has 0 aromatic heterocycles. The number of hydrogen-bond acceptors (Lipinski definition) is 5. The number of benzene rings is 2. The van der Waals surface area contributed by atoms with Crippen LogP contribution in [-0.4, -0.2) is 55.9 Å². The normalized spacial score (nSPS) is 15.3. The number of nitrogens with one attached hydrogen (secondary N) is 1. The van der Waals surface area contributed by atoms with Crippen LogP contribution in [0.1, 0.15) is 18.4 Å². The van der Waals surface area contributed by atoms with Crippen LogP contribution in [0.4, 0.5) is 0 Å². The molecule has 1 fully saturated rings. The van der Waals surface area contributed by atoms with Crippen LogP contribution in [0.3, 0.4) is 0 Å². The van der Waals surface area contributed by atoms with Crippen molar-refractivity contribution in [3.05, 3.63) is 66.2 Å². The van der Waals surface area contributed by atoms with Crippen molar-refractivity contribution in [2.45, 2.75) is 24.3 Å². The van der Waals surface area contributed by atoms with Crippen molar-refractivity contribution < 1.29 is 13.2 Å². The lowest BCUT2D eigenvalue weighted by molar-refractivity contribution is -0.121. The van der Waals surface area contributed by atoms with Gasteiger partial charge >= 0.3 is 0 Å². The molecule has 8 heteroatoms. The summed E-state index contributed by atoms with van der Waals surface area (Å²) in [4.78, 5) is 14.9. The van der Waals surface area contributed by atoms with Crippen LogP contribution >= 0.6 is 0 Å². The lowest BCUT2D eigenvalue weighted by atomic mass is 10.1. The second-order valence-electron chi connectivity index (χ2n) is 7.09. The Kier molecular flexibility index (Phi) is 7.13. The Hall–Kier alpha value is -2.55. The van der Waals surface area contributed by atoms with E-state index >= 15 is 0 Å².